The van der Waals surface area contributed by atoms with E-state index in [1.165, 1.54) is 12.8 Å². The molecule has 1 fully saturated rings. The zero-order valence-corrected chi connectivity index (χ0v) is 12.5. The van der Waals surface area contributed by atoms with Crippen LogP contribution in [0.2, 0.25) is 0 Å². The number of hydrogen-bond acceptors (Lipinski definition) is 6. The fourth-order valence-electron chi connectivity index (χ4n) is 2.85. The van der Waals surface area contributed by atoms with Gasteiger partial charge in [0.2, 0.25) is 0 Å². The van der Waals surface area contributed by atoms with Crippen LogP contribution in [0.4, 0.5) is 0 Å². The second kappa shape index (κ2) is 6.75. The first kappa shape index (κ1) is 14.1. The standard InChI is InChI=1S/C13H22N8/c1-2-3-7-21-13(16-17-18-21)9-19-6-4-5-12(19)8-20-11-14-10-15-20/h10-12H,2-9H2,1H3/t12-/m0/s1. The second-order valence-corrected chi connectivity index (χ2v) is 5.56. The Hall–Kier alpha value is -1.83. The van der Waals surface area contributed by atoms with Crippen LogP contribution in [0.25, 0.3) is 0 Å². The largest absolute Gasteiger partial charge is 0.291 e. The summed E-state index contributed by atoms with van der Waals surface area (Å²) >= 11 is 0. The zero-order valence-electron chi connectivity index (χ0n) is 12.5. The number of aryl methyl sites for hydroxylation is 1. The van der Waals surface area contributed by atoms with Crippen LogP contribution < -0.4 is 0 Å². The molecule has 3 heterocycles. The minimum atomic E-state index is 0.489. The van der Waals surface area contributed by atoms with E-state index in [-0.39, 0.29) is 0 Å². The Morgan fingerprint density at radius 3 is 3.14 bits per heavy atom. The van der Waals surface area contributed by atoms with Gasteiger partial charge < -0.3 is 0 Å². The van der Waals surface area contributed by atoms with Gasteiger partial charge in [-0.2, -0.15) is 5.10 Å². The van der Waals surface area contributed by atoms with E-state index in [2.05, 4.69) is 37.4 Å². The van der Waals surface area contributed by atoms with Gasteiger partial charge in [-0.05, 0) is 36.2 Å². The lowest BCUT2D eigenvalue weighted by atomic mass is 10.2. The SMILES string of the molecule is CCCCn1nnnc1CN1CCC[C@H]1Cn1cncn1. The Bertz CT molecular complexity index is 534. The summed E-state index contributed by atoms with van der Waals surface area (Å²) in [5.41, 5.74) is 0. The second-order valence-electron chi connectivity index (χ2n) is 5.56. The van der Waals surface area contributed by atoms with Gasteiger partial charge in [0.25, 0.3) is 0 Å². The normalized spacial score (nSPS) is 19.4. The molecule has 0 aromatic carbocycles. The van der Waals surface area contributed by atoms with Crippen molar-refractivity contribution in [2.24, 2.45) is 0 Å². The molecule has 2 aromatic rings. The van der Waals surface area contributed by atoms with Gasteiger partial charge in [0.1, 0.15) is 12.7 Å². The molecule has 0 amide bonds. The molecule has 0 radical (unpaired) electrons. The number of hydrogen-bond donors (Lipinski definition) is 0. The van der Waals surface area contributed by atoms with Crippen molar-refractivity contribution in [2.45, 2.75) is 58.3 Å². The molecule has 1 atom stereocenters. The summed E-state index contributed by atoms with van der Waals surface area (Å²) in [5, 5.41) is 16.3. The summed E-state index contributed by atoms with van der Waals surface area (Å²) in [6.07, 6.45) is 8.04. The van der Waals surface area contributed by atoms with Crippen molar-refractivity contribution in [3.05, 3.63) is 18.5 Å². The highest BCUT2D eigenvalue weighted by molar-refractivity contribution is 4.87. The maximum atomic E-state index is 4.20. The topological polar surface area (TPSA) is 77.5 Å². The van der Waals surface area contributed by atoms with E-state index >= 15 is 0 Å². The van der Waals surface area contributed by atoms with Crippen molar-refractivity contribution in [1.82, 2.24) is 39.9 Å². The molecule has 0 saturated carbocycles. The molecule has 0 N–H and O–H groups in total. The average Bonchev–Trinajstić information content (AvgIpc) is 3.21. The van der Waals surface area contributed by atoms with E-state index in [0.717, 1.165) is 44.8 Å². The van der Waals surface area contributed by atoms with E-state index < -0.39 is 0 Å². The number of rotatable bonds is 7. The van der Waals surface area contributed by atoms with Crippen LogP contribution in [0.1, 0.15) is 38.4 Å². The van der Waals surface area contributed by atoms with Gasteiger partial charge >= 0.3 is 0 Å². The fraction of sp³-hybridized carbons (Fsp3) is 0.769. The molecule has 0 aliphatic carbocycles. The third-order valence-corrected chi connectivity index (χ3v) is 4.04. The fourth-order valence-corrected chi connectivity index (χ4v) is 2.85. The molecule has 0 unspecified atom stereocenters. The minimum Gasteiger partial charge on any atom is -0.291 e. The summed E-state index contributed by atoms with van der Waals surface area (Å²) in [5.74, 6) is 0.967. The first-order valence-corrected chi connectivity index (χ1v) is 7.68. The molecule has 3 rings (SSSR count). The van der Waals surface area contributed by atoms with Crippen LogP contribution in [-0.2, 0) is 19.6 Å². The van der Waals surface area contributed by atoms with E-state index in [4.69, 9.17) is 0 Å². The molecule has 0 bridgehead atoms. The van der Waals surface area contributed by atoms with Crippen LogP contribution in [-0.4, -0.2) is 52.5 Å². The Morgan fingerprint density at radius 2 is 2.33 bits per heavy atom. The van der Waals surface area contributed by atoms with Crippen molar-refractivity contribution >= 4 is 0 Å². The molecule has 21 heavy (non-hydrogen) atoms. The first-order valence-electron chi connectivity index (χ1n) is 7.68. The van der Waals surface area contributed by atoms with Crippen molar-refractivity contribution in [2.75, 3.05) is 6.54 Å². The van der Waals surface area contributed by atoms with Crippen LogP contribution in [0.5, 0.6) is 0 Å². The lowest BCUT2D eigenvalue weighted by molar-refractivity contribution is 0.210. The van der Waals surface area contributed by atoms with E-state index in [0.29, 0.717) is 6.04 Å². The van der Waals surface area contributed by atoms with Crippen molar-refractivity contribution in [3.63, 3.8) is 0 Å². The molecule has 1 aliphatic heterocycles. The number of likely N-dealkylation sites (tertiary alicyclic amines) is 1. The van der Waals surface area contributed by atoms with Crippen LogP contribution >= 0.6 is 0 Å². The predicted octanol–water partition coefficient (Wildman–Crippen LogP) is 0.729. The molecule has 1 aliphatic rings. The van der Waals surface area contributed by atoms with E-state index in [9.17, 15) is 0 Å². The van der Waals surface area contributed by atoms with Crippen LogP contribution in [0.3, 0.4) is 0 Å². The van der Waals surface area contributed by atoms with Gasteiger partial charge in [0, 0.05) is 12.6 Å². The van der Waals surface area contributed by atoms with Crippen molar-refractivity contribution in [1.29, 1.82) is 0 Å². The molecule has 2 aromatic heterocycles. The number of unbranched alkanes of at least 4 members (excludes halogenated alkanes) is 1. The van der Waals surface area contributed by atoms with Crippen molar-refractivity contribution in [3.8, 4) is 0 Å². The third-order valence-electron chi connectivity index (χ3n) is 4.04. The molecule has 8 nitrogen and oxygen atoms in total. The van der Waals surface area contributed by atoms with Crippen LogP contribution in [0.15, 0.2) is 12.7 Å². The maximum absolute atomic E-state index is 4.20. The highest BCUT2D eigenvalue weighted by Crippen LogP contribution is 2.20. The summed E-state index contributed by atoms with van der Waals surface area (Å²) in [6, 6.07) is 0.489. The maximum Gasteiger partial charge on any atom is 0.165 e. The Balaban J connectivity index is 1.62. The lowest BCUT2D eigenvalue weighted by Crippen LogP contribution is -2.33. The summed E-state index contributed by atoms with van der Waals surface area (Å²) in [4.78, 5) is 6.46. The number of tetrazole rings is 1. The van der Waals surface area contributed by atoms with Crippen LogP contribution in [0, 0.1) is 0 Å². The van der Waals surface area contributed by atoms with Gasteiger partial charge in [0.05, 0.1) is 13.1 Å². The molecule has 0 spiro atoms. The highest BCUT2D eigenvalue weighted by atomic mass is 15.5. The summed E-state index contributed by atoms with van der Waals surface area (Å²) in [6.45, 7) is 5.88. The molecular formula is C13H22N8. The van der Waals surface area contributed by atoms with Gasteiger partial charge in [-0.1, -0.05) is 13.3 Å². The lowest BCUT2D eigenvalue weighted by Gasteiger charge is -2.23. The molecule has 8 heteroatoms. The van der Waals surface area contributed by atoms with Gasteiger partial charge in [-0.25, -0.2) is 9.67 Å². The number of nitrogens with zero attached hydrogens (tertiary/aromatic N) is 8. The summed E-state index contributed by atoms with van der Waals surface area (Å²) < 4.78 is 3.84. The Labute approximate surface area is 124 Å². The zero-order chi connectivity index (χ0) is 14.5. The Morgan fingerprint density at radius 1 is 1.38 bits per heavy atom. The molecular weight excluding hydrogens is 268 g/mol. The van der Waals surface area contributed by atoms with Gasteiger partial charge in [-0.3, -0.25) is 9.58 Å². The first-order chi connectivity index (χ1) is 10.4. The molecule has 114 valence electrons. The monoisotopic (exact) mass is 290 g/mol. The van der Waals surface area contributed by atoms with E-state index in [1.807, 2.05) is 9.36 Å². The van der Waals surface area contributed by atoms with Crippen molar-refractivity contribution < 1.29 is 0 Å². The van der Waals surface area contributed by atoms with E-state index in [1.54, 1.807) is 12.7 Å². The summed E-state index contributed by atoms with van der Waals surface area (Å²) in [7, 11) is 0. The average molecular weight is 290 g/mol. The Kier molecular flexibility index (Phi) is 4.54. The predicted molar refractivity (Wildman–Crippen MR) is 76.2 cm³/mol. The smallest absolute Gasteiger partial charge is 0.165 e. The minimum absolute atomic E-state index is 0.489. The van der Waals surface area contributed by atoms with Gasteiger partial charge in [0.15, 0.2) is 5.82 Å². The van der Waals surface area contributed by atoms with Gasteiger partial charge in [-0.15, -0.1) is 5.10 Å². The highest BCUT2D eigenvalue weighted by Gasteiger charge is 2.26. The third kappa shape index (κ3) is 3.44. The molecule has 1 saturated heterocycles. The number of aromatic nitrogens is 7. The quantitative estimate of drug-likeness (QED) is 0.748.